The van der Waals surface area contributed by atoms with Gasteiger partial charge in [-0.25, -0.2) is 0 Å². The second kappa shape index (κ2) is 6.06. The lowest BCUT2D eigenvalue weighted by Gasteiger charge is -2.36. The van der Waals surface area contributed by atoms with Gasteiger partial charge in [-0.15, -0.1) is 0 Å². The van der Waals surface area contributed by atoms with Crippen molar-refractivity contribution in [2.75, 3.05) is 19.6 Å². The van der Waals surface area contributed by atoms with Crippen molar-refractivity contribution < 1.29 is 9.90 Å². The molecule has 1 fully saturated rings. The molecule has 0 aliphatic carbocycles. The van der Waals surface area contributed by atoms with Gasteiger partial charge in [-0.2, -0.15) is 0 Å². The Morgan fingerprint density at radius 3 is 3.00 bits per heavy atom. The summed E-state index contributed by atoms with van der Waals surface area (Å²) in [6.45, 7) is 4.41. The predicted molar refractivity (Wildman–Crippen MR) is 74.7 cm³/mol. The van der Waals surface area contributed by atoms with Crippen LogP contribution in [0.2, 0.25) is 0 Å². The van der Waals surface area contributed by atoms with Crippen LogP contribution in [-0.4, -0.2) is 35.5 Å². The largest absolute Gasteiger partial charge is 0.508 e. The molecule has 0 spiro atoms. The Kier molecular flexibility index (Phi) is 4.43. The monoisotopic (exact) mass is 262 g/mol. The first-order valence-corrected chi connectivity index (χ1v) is 6.86. The predicted octanol–water partition coefficient (Wildman–Crippen LogP) is 1.38. The van der Waals surface area contributed by atoms with Crippen molar-refractivity contribution in [3.63, 3.8) is 0 Å². The van der Waals surface area contributed by atoms with Crippen LogP contribution in [0.1, 0.15) is 18.9 Å². The van der Waals surface area contributed by atoms with E-state index in [-0.39, 0.29) is 11.7 Å². The van der Waals surface area contributed by atoms with Gasteiger partial charge in [0.25, 0.3) is 0 Å². The van der Waals surface area contributed by atoms with Gasteiger partial charge in [0.1, 0.15) is 5.75 Å². The van der Waals surface area contributed by atoms with Crippen molar-refractivity contribution in [2.24, 2.45) is 17.6 Å². The number of piperidine rings is 1. The van der Waals surface area contributed by atoms with E-state index >= 15 is 0 Å². The van der Waals surface area contributed by atoms with Crippen molar-refractivity contribution in [2.45, 2.75) is 19.8 Å². The van der Waals surface area contributed by atoms with Crippen LogP contribution < -0.4 is 5.73 Å². The molecule has 0 bridgehead atoms. The van der Waals surface area contributed by atoms with Gasteiger partial charge in [0, 0.05) is 13.1 Å². The van der Waals surface area contributed by atoms with E-state index in [4.69, 9.17) is 5.73 Å². The Morgan fingerprint density at radius 1 is 1.53 bits per heavy atom. The third-order valence-corrected chi connectivity index (χ3v) is 4.04. The lowest BCUT2D eigenvalue weighted by atomic mass is 9.87. The number of aromatic hydroxyl groups is 1. The molecular weight excluding hydrogens is 240 g/mol. The van der Waals surface area contributed by atoms with Crippen molar-refractivity contribution in [3.05, 3.63) is 29.8 Å². The van der Waals surface area contributed by atoms with Crippen LogP contribution in [0, 0.1) is 11.8 Å². The normalized spacial score (nSPS) is 23.4. The SMILES string of the molecule is CC1CCN(C(=O)Cc2cccc(O)c2)CC1CN. The molecule has 2 rings (SSSR count). The number of carbonyl (C=O) groups excluding carboxylic acids is 1. The number of hydrogen-bond donors (Lipinski definition) is 2. The third-order valence-electron chi connectivity index (χ3n) is 4.04. The number of nitrogens with two attached hydrogens (primary N) is 1. The Labute approximate surface area is 114 Å². The van der Waals surface area contributed by atoms with Crippen molar-refractivity contribution >= 4 is 5.91 Å². The Hall–Kier alpha value is -1.55. The summed E-state index contributed by atoms with van der Waals surface area (Å²) in [7, 11) is 0. The molecule has 19 heavy (non-hydrogen) atoms. The van der Waals surface area contributed by atoms with Gasteiger partial charge in [-0.05, 0) is 42.5 Å². The number of phenols is 1. The molecule has 1 aliphatic rings. The fourth-order valence-corrected chi connectivity index (χ4v) is 2.64. The van der Waals surface area contributed by atoms with Gasteiger partial charge in [-0.1, -0.05) is 19.1 Å². The first-order chi connectivity index (χ1) is 9.10. The molecule has 2 atom stereocenters. The molecule has 3 N–H and O–H groups in total. The van der Waals surface area contributed by atoms with Crippen LogP contribution in [-0.2, 0) is 11.2 Å². The highest BCUT2D eigenvalue weighted by atomic mass is 16.3. The highest BCUT2D eigenvalue weighted by molar-refractivity contribution is 5.79. The minimum atomic E-state index is 0.121. The summed E-state index contributed by atoms with van der Waals surface area (Å²) in [5, 5.41) is 9.41. The summed E-state index contributed by atoms with van der Waals surface area (Å²) in [5.74, 6) is 1.32. The number of benzene rings is 1. The van der Waals surface area contributed by atoms with E-state index in [1.807, 2.05) is 11.0 Å². The van der Waals surface area contributed by atoms with Crippen LogP contribution >= 0.6 is 0 Å². The van der Waals surface area contributed by atoms with Gasteiger partial charge in [0.05, 0.1) is 6.42 Å². The first kappa shape index (κ1) is 13.9. The topological polar surface area (TPSA) is 66.6 Å². The lowest BCUT2D eigenvalue weighted by Crippen LogP contribution is -2.46. The fourth-order valence-electron chi connectivity index (χ4n) is 2.64. The zero-order valence-electron chi connectivity index (χ0n) is 11.4. The van der Waals surface area contributed by atoms with Crippen LogP contribution in [0.25, 0.3) is 0 Å². The molecule has 4 nitrogen and oxygen atoms in total. The minimum Gasteiger partial charge on any atom is -0.508 e. The van der Waals surface area contributed by atoms with Gasteiger partial charge in [-0.3, -0.25) is 4.79 Å². The highest BCUT2D eigenvalue weighted by Crippen LogP contribution is 2.23. The lowest BCUT2D eigenvalue weighted by molar-refractivity contribution is -0.132. The summed E-state index contributed by atoms with van der Waals surface area (Å²) < 4.78 is 0. The minimum absolute atomic E-state index is 0.121. The Bertz CT molecular complexity index is 448. The molecule has 0 radical (unpaired) electrons. The van der Waals surface area contributed by atoms with Crippen molar-refractivity contribution in [3.8, 4) is 5.75 Å². The van der Waals surface area contributed by atoms with Gasteiger partial charge in [0.2, 0.25) is 5.91 Å². The molecule has 2 unspecified atom stereocenters. The number of hydrogen-bond acceptors (Lipinski definition) is 3. The molecule has 1 amide bonds. The quantitative estimate of drug-likeness (QED) is 0.864. The maximum absolute atomic E-state index is 12.3. The van der Waals surface area contributed by atoms with Gasteiger partial charge >= 0.3 is 0 Å². The van der Waals surface area contributed by atoms with Crippen LogP contribution in [0.5, 0.6) is 5.75 Å². The van der Waals surface area contributed by atoms with E-state index in [1.165, 1.54) is 0 Å². The molecule has 0 saturated carbocycles. The standard InChI is InChI=1S/C15H22N2O2/c1-11-5-6-17(10-13(11)9-16)15(19)8-12-3-2-4-14(18)7-12/h2-4,7,11,13,18H,5-6,8-10,16H2,1H3. The molecule has 1 aromatic rings. The summed E-state index contributed by atoms with van der Waals surface area (Å²) in [4.78, 5) is 14.2. The van der Waals surface area contributed by atoms with Crippen LogP contribution in [0.15, 0.2) is 24.3 Å². The molecule has 1 saturated heterocycles. The molecule has 1 aromatic carbocycles. The molecule has 1 aliphatic heterocycles. The molecular formula is C15H22N2O2. The van der Waals surface area contributed by atoms with E-state index in [0.29, 0.717) is 24.8 Å². The number of phenolic OH excluding ortho intramolecular Hbond substituents is 1. The van der Waals surface area contributed by atoms with Crippen LogP contribution in [0.3, 0.4) is 0 Å². The number of nitrogens with zero attached hydrogens (tertiary/aromatic N) is 1. The van der Waals surface area contributed by atoms with Gasteiger partial charge < -0.3 is 15.7 Å². The van der Waals surface area contributed by atoms with Crippen molar-refractivity contribution in [1.82, 2.24) is 4.90 Å². The number of rotatable bonds is 3. The average Bonchev–Trinajstić information content (AvgIpc) is 2.39. The van der Waals surface area contributed by atoms with Crippen molar-refractivity contribution in [1.29, 1.82) is 0 Å². The second-order valence-corrected chi connectivity index (χ2v) is 5.45. The summed E-state index contributed by atoms with van der Waals surface area (Å²) >= 11 is 0. The second-order valence-electron chi connectivity index (χ2n) is 5.45. The highest BCUT2D eigenvalue weighted by Gasteiger charge is 2.27. The fraction of sp³-hybridized carbons (Fsp3) is 0.533. The van der Waals surface area contributed by atoms with Gasteiger partial charge in [0.15, 0.2) is 0 Å². The van der Waals surface area contributed by atoms with E-state index in [1.54, 1.807) is 18.2 Å². The number of likely N-dealkylation sites (tertiary alicyclic amines) is 1. The summed E-state index contributed by atoms with van der Waals surface area (Å²) in [6, 6.07) is 6.88. The summed E-state index contributed by atoms with van der Waals surface area (Å²) in [6.07, 6.45) is 1.37. The number of amides is 1. The summed E-state index contributed by atoms with van der Waals surface area (Å²) in [5.41, 5.74) is 6.61. The van der Waals surface area contributed by atoms with E-state index in [2.05, 4.69) is 6.92 Å². The maximum atomic E-state index is 12.3. The van der Waals surface area contributed by atoms with E-state index in [0.717, 1.165) is 25.1 Å². The zero-order valence-corrected chi connectivity index (χ0v) is 11.4. The Morgan fingerprint density at radius 2 is 2.32 bits per heavy atom. The number of carbonyl (C=O) groups is 1. The first-order valence-electron chi connectivity index (χ1n) is 6.86. The van der Waals surface area contributed by atoms with E-state index in [9.17, 15) is 9.90 Å². The molecule has 4 heteroatoms. The smallest absolute Gasteiger partial charge is 0.227 e. The molecule has 0 aromatic heterocycles. The van der Waals surface area contributed by atoms with Crippen LogP contribution in [0.4, 0.5) is 0 Å². The third kappa shape index (κ3) is 3.47. The maximum Gasteiger partial charge on any atom is 0.227 e. The molecule has 104 valence electrons. The molecule has 1 heterocycles. The Balaban J connectivity index is 1.97. The zero-order chi connectivity index (χ0) is 13.8. The van der Waals surface area contributed by atoms with E-state index < -0.39 is 0 Å². The average molecular weight is 262 g/mol.